The number of phenols is 1. The number of hydrogen-bond donors (Lipinski definition) is 3. The number of hydrogen-bond acceptors (Lipinski definition) is 4. The van der Waals surface area contributed by atoms with Crippen LogP contribution in [0, 0.1) is 5.92 Å². The third-order valence-corrected chi connectivity index (χ3v) is 6.63. The SMILES string of the molecule is CC[C@@]12C[C@H](O)[C@](O)(c3cccnc3)C[C@H]1CCc1cc(O)ccc12. The normalized spacial score (nSPS) is 34.2. The number of aliphatic hydroxyl groups is 2. The zero-order valence-corrected chi connectivity index (χ0v) is 14.5. The lowest BCUT2D eigenvalue weighted by Gasteiger charge is -2.55. The fraction of sp³-hybridized carbons (Fsp3) is 0.476. The first-order valence-electron chi connectivity index (χ1n) is 9.13. The molecule has 4 heteroatoms. The Morgan fingerprint density at radius 3 is 2.80 bits per heavy atom. The summed E-state index contributed by atoms with van der Waals surface area (Å²) in [7, 11) is 0. The number of aromatic hydroxyl groups is 1. The minimum Gasteiger partial charge on any atom is -0.508 e. The average molecular weight is 339 g/mol. The quantitative estimate of drug-likeness (QED) is 0.786. The lowest BCUT2D eigenvalue weighted by atomic mass is 9.52. The van der Waals surface area contributed by atoms with Gasteiger partial charge in [-0.15, -0.1) is 0 Å². The molecule has 132 valence electrons. The molecule has 1 aromatic heterocycles. The molecule has 2 aliphatic carbocycles. The zero-order valence-electron chi connectivity index (χ0n) is 14.5. The Hall–Kier alpha value is -1.91. The molecule has 4 nitrogen and oxygen atoms in total. The summed E-state index contributed by atoms with van der Waals surface area (Å²) >= 11 is 0. The van der Waals surface area contributed by atoms with E-state index in [1.165, 1.54) is 11.1 Å². The van der Waals surface area contributed by atoms with E-state index in [2.05, 4.69) is 11.9 Å². The van der Waals surface area contributed by atoms with Gasteiger partial charge in [0.1, 0.15) is 11.4 Å². The van der Waals surface area contributed by atoms with E-state index in [0.717, 1.165) is 19.3 Å². The molecule has 1 saturated carbocycles. The molecule has 0 radical (unpaired) electrons. The van der Waals surface area contributed by atoms with E-state index in [1.54, 1.807) is 24.5 Å². The highest BCUT2D eigenvalue weighted by atomic mass is 16.3. The summed E-state index contributed by atoms with van der Waals surface area (Å²) in [4.78, 5) is 4.13. The van der Waals surface area contributed by atoms with Gasteiger partial charge in [0.2, 0.25) is 0 Å². The van der Waals surface area contributed by atoms with Crippen LogP contribution < -0.4 is 0 Å². The number of aliphatic hydroxyl groups excluding tert-OH is 1. The molecule has 1 aromatic carbocycles. The lowest BCUT2D eigenvalue weighted by Crippen LogP contribution is -2.56. The molecule has 0 bridgehead atoms. The minimum absolute atomic E-state index is 0.144. The largest absolute Gasteiger partial charge is 0.508 e. The second-order valence-corrected chi connectivity index (χ2v) is 7.68. The first-order valence-corrected chi connectivity index (χ1v) is 9.13. The molecule has 4 rings (SSSR count). The van der Waals surface area contributed by atoms with Crippen molar-refractivity contribution in [3.05, 3.63) is 59.4 Å². The number of phenolic OH excluding ortho intramolecular Hbond substituents is 1. The van der Waals surface area contributed by atoms with Crippen LogP contribution in [0.4, 0.5) is 0 Å². The Morgan fingerprint density at radius 1 is 1.24 bits per heavy atom. The van der Waals surface area contributed by atoms with Gasteiger partial charge in [0.15, 0.2) is 0 Å². The minimum atomic E-state index is -1.24. The monoisotopic (exact) mass is 339 g/mol. The van der Waals surface area contributed by atoms with Crippen LogP contribution >= 0.6 is 0 Å². The highest BCUT2D eigenvalue weighted by Crippen LogP contribution is 2.56. The predicted molar refractivity (Wildman–Crippen MR) is 95.3 cm³/mol. The van der Waals surface area contributed by atoms with Gasteiger partial charge in [-0.3, -0.25) is 4.98 Å². The van der Waals surface area contributed by atoms with Gasteiger partial charge in [0.25, 0.3) is 0 Å². The van der Waals surface area contributed by atoms with Crippen molar-refractivity contribution in [2.45, 2.75) is 56.1 Å². The number of benzene rings is 1. The van der Waals surface area contributed by atoms with Gasteiger partial charge in [-0.25, -0.2) is 0 Å². The first kappa shape index (κ1) is 16.6. The summed E-state index contributed by atoms with van der Waals surface area (Å²) in [5.74, 6) is 0.592. The van der Waals surface area contributed by atoms with Gasteiger partial charge < -0.3 is 15.3 Å². The third-order valence-electron chi connectivity index (χ3n) is 6.63. The molecule has 2 aromatic rings. The third kappa shape index (κ3) is 2.39. The lowest BCUT2D eigenvalue weighted by molar-refractivity contribution is -0.146. The summed E-state index contributed by atoms with van der Waals surface area (Å²) < 4.78 is 0. The Morgan fingerprint density at radius 2 is 2.08 bits per heavy atom. The highest BCUT2D eigenvalue weighted by molar-refractivity contribution is 5.44. The summed E-state index contributed by atoms with van der Waals surface area (Å²) in [6, 6.07) is 9.27. The van der Waals surface area contributed by atoms with Crippen LogP contribution in [0.2, 0.25) is 0 Å². The van der Waals surface area contributed by atoms with Crippen molar-refractivity contribution in [1.82, 2.24) is 4.98 Å². The average Bonchev–Trinajstić information content (AvgIpc) is 2.63. The van der Waals surface area contributed by atoms with Crippen molar-refractivity contribution in [2.24, 2.45) is 5.92 Å². The molecule has 0 aliphatic heterocycles. The van der Waals surface area contributed by atoms with E-state index in [-0.39, 0.29) is 5.41 Å². The van der Waals surface area contributed by atoms with E-state index >= 15 is 0 Å². The molecular formula is C21H25NO3. The molecule has 0 saturated heterocycles. The standard InChI is InChI=1S/C21H25NO3/c1-2-20-12-19(24)21(25,16-4-3-9-22-13-16)11-15(20)6-5-14-10-17(23)7-8-18(14)20/h3-4,7-10,13,15,19,23-25H,2,5-6,11-12H2,1H3/t15-,19+,20-,21-/m1/s1. The summed E-state index contributed by atoms with van der Waals surface area (Å²) in [5.41, 5.74) is 1.72. The van der Waals surface area contributed by atoms with E-state index in [0.29, 0.717) is 30.1 Å². The topological polar surface area (TPSA) is 73.6 Å². The number of rotatable bonds is 2. The van der Waals surface area contributed by atoms with Crippen molar-refractivity contribution < 1.29 is 15.3 Å². The Balaban J connectivity index is 1.77. The fourth-order valence-corrected chi connectivity index (χ4v) is 5.25. The van der Waals surface area contributed by atoms with Gasteiger partial charge in [0, 0.05) is 23.4 Å². The maximum atomic E-state index is 11.3. The van der Waals surface area contributed by atoms with Crippen molar-refractivity contribution in [1.29, 1.82) is 0 Å². The highest BCUT2D eigenvalue weighted by Gasteiger charge is 2.55. The van der Waals surface area contributed by atoms with Gasteiger partial charge in [-0.2, -0.15) is 0 Å². The molecular weight excluding hydrogens is 314 g/mol. The maximum absolute atomic E-state index is 11.3. The Kier molecular flexibility index (Phi) is 3.85. The van der Waals surface area contributed by atoms with Crippen LogP contribution in [0.15, 0.2) is 42.7 Å². The summed E-state index contributed by atoms with van der Waals surface area (Å²) in [6.45, 7) is 2.16. The molecule has 0 spiro atoms. The summed E-state index contributed by atoms with van der Waals surface area (Å²) in [5, 5.41) is 32.1. The van der Waals surface area contributed by atoms with E-state index in [1.807, 2.05) is 18.2 Å². The molecule has 0 amide bonds. The molecule has 4 atom stereocenters. The zero-order chi connectivity index (χ0) is 17.7. The van der Waals surface area contributed by atoms with Gasteiger partial charge in [-0.05, 0) is 67.3 Å². The number of fused-ring (bicyclic) bond motifs is 3. The van der Waals surface area contributed by atoms with E-state index in [9.17, 15) is 15.3 Å². The second-order valence-electron chi connectivity index (χ2n) is 7.68. The number of nitrogens with zero attached hydrogens (tertiary/aromatic N) is 1. The molecule has 3 N–H and O–H groups in total. The van der Waals surface area contributed by atoms with Crippen molar-refractivity contribution in [3.63, 3.8) is 0 Å². The van der Waals surface area contributed by atoms with Crippen molar-refractivity contribution in [2.75, 3.05) is 0 Å². The number of pyridine rings is 1. The van der Waals surface area contributed by atoms with Crippen LogP contribution in [-0.2, 0) is 17.4 Å². The number of aromatic nitrogens is 1. The second kappa shape index (κ2) is 5.82. The van der Waals surface area contributed by atoms with Crippen LogP contribution in [0.25, 0.3) is 0 Å². The van der Waals surface area contributed by atoms with Crippen molar-refractivity contribution >= 4 is 0 Å². The van der Waals surface area contributed by atoms with E-state index < -0.39 is 11.7 Å². The van der Waals surface area contributed by atoms with Crippen molar-refractivity contribution in [3.8, 4) is 5.75 Å². The predicted octanol–water partition coefficient (Wildman–Crippen LogP) is 3.04. The van der Waals surface area contributed by atoms with Crippen LogP contribution in [0.5, 0.6) is 5.75 Å². The van der Waals surface area contributed by atoms with Gasteiger partial charge in [-0.1, -0.05) is 19.1 Å². The molecule has 1 heterocycles. The Labute approximate surface area is 148 Å². The number of aryl methyl sites for hydroxylation is 1. The maximum Gasteiger partial charge on any atom is 0.117 e. The van der Waals surface area contributed by atoms with E-state index in [4.69, 9.17) is 0 Å². The van der Waals surface area contributed by atoms with Crippen LogP contribution in [0.3, 0.4) is 0 Å². The fourth-order valence-electron chi connectivity index (χ4n) is 5.25. The van der Waals surface area contributed by atoms with Gasteiger partial charge >= 0.3 is 0 Å². The molecule has 25 heavy (non-hydrogen) atoms. The van der Waals surface area contributed by atoms with Crippen LogP contribution in [0.1, 0.15) is 49.3 Å². The molecule has 0 unspecified atom stereocenters. The summed E-state index contributed by atoms with van der Waals surface area (Å²) in [6.07, 6.45) is 6.34. The molecule has 2 aliphatic rings. The first-order chi connectivity index (χ1) is 12.0. The van der Waals surface area contributed by atoms with Gasteiger partial charge in [0.05, 0.1) is 6.10 Å². The Bertz CT molecular complexity index is 778. The van der Waals surface area contributed by atoms with Crippen LogP contribution in [-0.4, -0.2) is 26.4 Å². The smallest absolute Gasteiger partial charge is 0.117 e. The molecule has 1 fully saturated rings.